The van der Waals surface area contributed by atoms with E-state index in [0.717, 1.165) is 25.7 Å². The van der Waals surface area contributed by atoms with Crippen LogP contribution in [0.1, 0.15) is 56.6 Å². The SMILES string of the molecule is CCCCC(CC)C(=O)OCCOCCN(C)C(=O)OCC1c2ccccc2-c2ccccc21. The average Bonchev–Trinajstić information content (AvgIpc) is 3.18. The summed E-state index contributed by atoms with van der Waals surface area (Å²) in [5, 5.41) is 0. The minimum Gasteiger partial charge on any atom is -0.463 e. The molecule has 0 aliphatic heterocycles. The lowest BCUT2D eigenvalue weighted by molar-refractivity contribution is -0.150. The number of hydrogen-bond donors (Lipinski definition) is 0. The molecule has 0 saturated carbocycles. The van der Waals surface area contributed by atoms with Gasteiger partial charge in [0.25, 0.3) is 0 Å². The topological polar surface area (TPSA) is 65.1 Å². The predicted molar refractivity (Wildman–Crippen MR) is 133 cm³/mol. The Labute approximate surface area is 203 Å². The number of carbonyl (C=O) groups excluding carboxylic acids is 2. The third kappa shape index (κ3) is 6.60. The highest BCUT2D eigenvalue weighted by Crippen LogP contribution is 2.44. The van der Waals surface area contributed by atoms with E-state index in [1.807, 2.05) is 31.2 Å². The van der Waals surface area contributed by atoms with Crippen LogP contribution in [0.4, 0.5) is 4.79 Å². The zero-order valence-corrected chi connectivity index (χ0v) is 20.6. The van der Waals surface area contributed by atoms with Crippen molar-refractivity contribution in [2.75, 3.05) is 40.0 Å². The molecule has 1 amide bonds. The fourth-order valence-electron chi connectivity index (χ4n) is 4.36. The van der Waals surface area contributed by atoms with Crippen LogP contribution in [0.25, 0.3) is 11.1 Å². The molecule has 0 N–H and O–H groups in total. The molecule has 0 radical (unpaired) electrons. The van der Waals surface area contributed by atoms with Crippen LogP contribution < -0.4 is 0 Å². The molecule has 6 heteroatoms. The summed E-state index contributed by atoms with van der Waals surface area (Å²) in [7, 11) is 1.70. The lowest BCUT2D eigenvalue weighted by Crippen LogP contribution is -2.32. The van der Waals surface area contributed by atoms with E-state index in [2.05, 4.69) is 31.2 Å². The summed E-state index contributed by atoms with van der Waals surface area (Å²) < 4.78 is 16.5. The predicted octanol–water partition coefficient (Wildman–Crippen LogP) is 5.64. The number of ether oxygens (including phenoxy) is 3. The third-order valence-corrected chi connectivity index (χ3v) is 6.42. The highest BCUT2D eigenvalue weighted by molar-refractivity contribution is 5.79. The Hall–Kier alpha value is -2.86. The minimum absolute atomic E-state index is 0.0281. The van der Waals surface area contributed by atoms with Crippen molar-refractivity contribution >= 4 is 12.1 Å². The fourth-order valence-corrected chi connectivity index (χ4v) is 4.36. The second kappa shape index (κ2) is 13.1. The van der Waals surface area contributed by atoms with Crippen molar-refractivity contribution in [3.05, 3.63) is 59.7 Å². The summed E-state index contributed by atoms with van der Waals surface area (Å²) in [5.74, 6) is -0.130. The van der Waals surface area contributed by atoms with Gasteiger partial charge in [-0.25, -0.2) is 4.79 Å². The van der Waals surface area contributed by atoms with Gasteiger partial charge in [-0.15, -0.1) is 0 Å². The molecular formula is C28H37NO5. The van der Waals surface area contributed by atoms with Gasteiger partial charge in [0, 0.05) is 19.5 Å². The van der Waals surface area contributed by atoms with Crippen molar-refractivity contribution in [3.63, 3.8) is 0 Å². The Morgan fingerprint density at radius 2 is 1.56 bits per heavy atom. The molecule has 1 unspecified atom stereocenters. The summed E-state index contributed by atoms with van der Waals surface area (Å²) in [6.07, 6.45) is 3.40. The van der Waals surface area contributed by atoms with Gasteiger partial charge in [0.15, 0.2) is 0 Å². The maximum absolute atomic E-state index is 12.5. The first-order chi connectivity index (χ1) is 16.6. The van der Waals surface area contributed by atoms with Crippen molar-refractivity contribution in [2.24, 2.45) is 5.92 Å². The Morgan fingerprint density at radius 3 is 2.18 bits per heavy atom. The number of esters is 1. The summed E-state index contributed by atoms with van der Waals surface area (Å²) >= 11 is 0. The van der Waals surface area contributed by atoms with Crippen LogP contribution in [0.15, 0.2) is 48.5 Å². The van der Waals surface area contributed by atoms with E-state index in [9.17, 15) is 9.59 Å². The van der Waals surface area contributed by atoms with E-state index in [1.54, 1.807) is 7.05 Å². The quantitative estimate of drug-likeness (QED) is 0.282. The van der Waals surface area contributed by atoms with E-state index in [-0.39, 0.29) is 30.5 Å². The molecule has 184 valence electrons. The number of nitrogens with zero attached hydrogens (tertiary/aromatic N) is 1. The number of fused-ring (bicyclic) bond motifs is 3. The van der Waals surface area contributed by atoms with Crippen LogP contribution in [0.2, 0.25) is 0 Å². The number of benzene rings is 2. The molecule has 0 fully saturated rings. The lowest BCUT2D eigenvalue weighted by atomic mass is 9.98. The van der Waals surface area contributed by atoms with Gasteiger partial charge >= 0.3 is 12.1 Å². The number of unbranched alkanes of at least 4 members (excludes halogenated alkanes) is 1. The smallest absolute Gasteiger partial charge is 0.409 e. The first-order valence-corrected chi connectivity index (χ1v) is 12.4. The number of carbonyl (C=O) groups is 2. The first-order valence-electron chi connectivity index (χ1n) is 12.4. The summed E-state index contributed by atoms with van der Waals surface area (Å²) in [4.78, 5) is 26.1. The van der Waals surface area contributed by atoms with Gasteiger partial charge in [0.1, 0.15) is 13.2 Å². The van der Waals surface area contributed by atoms with Crippen LogP contribution in [0.5, 0.6) is 0 Å². The van der Waals surface area contributed by atoms with Crippen molar-refractivity contribution in [2.45, 2.75) is 45.4 Å². The molecule has 34 heavy (non-hydrogen) atoms. The maximum Gasteiger partial charge on any atom is 0.409 e. The monoisotopic (exact) mass is 467 g/mol. The molecular weight excluding hydrogens is 430 g/mol. The Balaban J connectivity index is 1.36. The van der Waals surface area contributed by atoms with Crippen molar-refractivity contribution in [1.29, 1.82) is 0 Å². The molecule has 0 bridgehead atoms. The minimum atomic E-state index is -0.376. The van der Waals surface area contributed by atoms with Gasteiger partial charge in [-0.1, -0.05) is 75.2 Å². The Bertz CT molecular complexity index is 898. The summed E-state index contributed by atoms with van der Waals surface area (Å²) in [6.45, 7) is 5.72. The number of amides is 1. The molecule has 0 spiro atoms. The second-order valence-corrected chi connectivity index (χ2v) is 8.75. The molecule has 1 aliphatic rings. The van der Waals surface area contributed by atoms with Crippen molar-refractivity contribution in [3.8, 4) is 11.1 Å². The largest absolute Gasteiger partial charge is 0.463 e. The van der Waals surface area contributed by atoms with E-state index in [1.165, 1.54) is 27.2 Å². The highest BCUT2D eigenvalue weighted by Gasteiger charge is 2.29. The van der Waals surface area contributed by atoms with Gasteiger partial charge in [-0.3, -0.25) is 4.79 Å². The highest BCUT2D eigenvalue weighted by atomic mass is 16.6. The molecule has 3 rings (SSSR count). The number of likely N-dealkylation sites (N-methyl/N-ethyl adjacent to an activating group) is 1. The molecule has 0 saturated heterocycles. The van der Waals surface area contributed by atoms with Crippen LogP contribution in [-0.4, -0.2) is 57.0 Å². The summed E-state index contributed by atoms with van der Waals surface area (Å²) in [6, 6.07) is 16.5. The second-order valence-electron chi connectivity index (χ2n) is 8.75. The van der Waals surface area contributed by atoms with Gasteiger partial charge in [0.05, 0.1) is 19.1 Å². The van der Waals surface area contributed by atoms with Crippen molar-refractivity contribution in [1.82, 2.24) is 4.90 Å². The molecule has 1 aliphatic carbocycles. The normalized spacial score (nSPS) is 13.1. The van der Waals surface area contributed by atoms with E-state index >= 15 is 0 Å². The third-order valence-electron chi connectivity index (χ3n) is 6.42. The number of hydrogen-bond acceptors (Lipinski definition) is 5. The first kappa shape index (κ1) is 25.8. The fraction of sp³-hybridized carbons (Fsp3) is 0.500. The summed E-state index contributed by atoms with van der Waals surface area (Å²) in [5.41, 5.74) is 4.79. The molecule has 6 nitrogen and oxygen atoms in total. The Kier molecular flexibility index (Phi) is 9.95. The Morgan fingerprint density at radius 1 is 0.912 bits per heavy atom. The standard InChI is InChI=1S/C28H37NO5/c1-4-6-11-21(5-2)27(30)33-19-18-32-17-16-29(3)28(31)34-20-26-24-14-9-7-12-22(24)23-13-8-10-15-25(23)26/h7-10,12-15,21,26H,4-6,11,16-20H2,1-3H3. The zero-order chi connectivity index (χ0) is 24.3. The van der Waals surface area contributed by atoms with E-state index in [0.29, 0.717) is 26.4 Å². The maximum atomic E-state index is 12.5. The molecule has 0 heterocycles. The zero-order valence-electron chi connectivity index (χ0n) is 20.6. The van der Waals surface area contributed by atoms with Gasteiger partial charge in [0.2, 0.25) is 0 Å². The molecule has 0 aromatic heterocycles. The van der Waals surface area contributed by atoms with Crippen LogP contribution in [0.3, 0.4) is 0 Å². The van der Waals surface area contributed by atoms with E-state index in [4.69, 9.17) is 14.2 Å². The lowest BCUT2D eigenvalue weighted by Gasteiger charge is -2.20. The van der Waals surface area contributed by atoms with Crippen molar-refractivity contribution < 1.29 is 23.8 Å². The van der Waals surface area contributed by atoms with Crippen LogP contribution in [0, 0.1) is 5.92 Å². The molecule has 1 atom stereocenters. The number of rotatable bonds is 13. The van der Waals surface area contributed by atoms with Gasteiger partial charge < -0.3 is 19.1 Å². The molecule has 2 aromatic carbocycles. The van der Waals surface area contributed by atoms with Crippen LogP contribution >= 0.6 is 0 Å². The molecule has 2 aromatic rings. The average molecular weight is 468 g/mol. The van der Waals surface area contributed by atoms with E-state index < -0.39 is 0 Å². The van der Waals surface area contributed by atoms with Crippen LogP contribution in [-0.2, 0) is 19.0 Å². The van der Waals surface area contributed by atoms with Gasteiger partial charge in [-0.2, -0.15) is 0 Å². The van der Waals surface area contributed by atoms with Gasteiger partial charge in [-0.05, 0) is 35.1 Å².